The minimum absolute atomic E-state index is 0.0348. The molecule has 1 aromatic carbocycles. The molecule has 0 radical (unpaired) electrons. The summed E-state index contributed by atoms with van der Waals surface area (Å²) < 4.78 is 0. The molecule has 25 heavy (non-hydrogen) atoms. The van der Waals surface area contributed by atoms with Crippen LogP contribution in [0, 0.1) is 5.92 Å². The summed E-state index contributed by atoms with van der Waals surface area (Å²) in [6.07, 6.45) is 6.23. The van der Waals surface area contributed by atoms with Crippen LogP contribution in [0.15, 0.2) is 34.2 Å². The van der Waals surface area contributed by atoms with Gasteiger partial charge >= 0.3 is 0 Å². The van der Waals surface area contributed by atoms with Gasteiger partial charge in [0.25, 0.3) is 5.56 Å². The first-order chi connectivity index (χ1) is 12.2. The molecule has 0 aliphatic heterocycles. The maximum Gasteiger partial charge on any atom is 0.258 e. The zero-order chi connectivity index (χ0) is 17.2. The molecule has 2 N–H and O–H groups in total. The number of hydrogen-bond acceptors (Lipinski definition) is 5. The zero-order valence-electron chi connectivity index (χ0n) is 14.2. The molecule has 2 aromatic heterocycles. The first-order valence-electron chi connectivity index (χ1n) is 8.76. The van der Waals surface area contributed by atoms with E-state index in [1.807, 2.05) is 25.1 Å². The Balaban J connectivity index is 1.49. The fraction of sp³-hybridized carbons (Fsp3) is 0.444. The van der Waals surface area contributed by atoms with Crippen molar-refractivity contribution in [1.82, 2.24) is 25.1 Å². The molecule has 1 saturated carbocycles. The highest BCUT2D eigenvalue weighted by atomic mass is 32.2. The van der Waals surface area contributed by atoms with E-state index in [4.69, 9.17) is 0 Å². The number of H-pyrrole nitrogens is 2. The van der Waals surface area contributed by atoms with Crippen molar-refractivity contribution in [2.24, 2.45) is 5.92 Å². The van der Waals surface area contributed by atoms with Crippen molar-refractivity contribution in [2.45, 2.75) is 49.4 Å². The lowest BCUT2D eigenvalue weighted by atomic mass is 10.0. The van der Waals surface area contributed by atoms with Gasteiger partial charge in [-0.25, -0.2) is 9.97 Å². The second kappa shape index (κ2) is 7.00. The van der Waals surface area contributed by atoms with Crippen LogP contribution in [0.5, 0.6) is 0 Å². The number of nitrogens with zero attached hydrogens (tertiary/aromatic N) is 3. The van der Waals surface area contributed by atoms with E-state index in [-0.39, 0.29) is 10.8 Å². The summed E-state index contributed by atoms with van der Waals surface area (Å²) in [4.78, 5) is 24.3. The number of hydrogen-bond donors (Lipinski definition) is 2. The number of fused-ring (bicyclic) bond motifs is 1. The Bertz CT molecular complexity index is 928. The standard InChI is InChI=1S/C18H21N5OS/c1-11(16-19-14-9-5-4-8-13(14)17(24)21-16)25-18-20-15(22-23-18)10-12-6-2-3-7-12/h4-5,8-9,11-12H,2-3,6-7,10H2,1H3,(H,19,21,24)(H,20,22,23). The second-order valence-electron chi connectivity index (χ2n) is 6.65. The van der Waals surface area contributed by atoms with Gasteiger partial charge in [-0.3, -0.25) is 9.89 Å². The van der Waals surface area contributed by atoms with Gasteiger partial charge in [0.05, 0.1) is 16.2 Å². The molecule has 0 bridgehead atoms. The van der Waals surface area contributed by atoms with Crippen molar-refractivity contribution in [3.05, 3.63) is 46.3 Å². The van der Waals surface area contributed by atoms with Gasteiger partial charge in [0, 0.05) is 6.42 Å². The summed E-state index contributed by atoms with van der Waals surface area (Å²) in [5.74, 6) is 2.35. The SMILES string of the molecule is CC(Sc1n[nH]c(CC2CCCC2)n1)c1nc2ccccc2c(=O)[nH]1. The molecule has 1 fully saturated rings. The maximum atomic E-state index is 12.2. The Morgan fingerprint density at radius 3 is 2.88 bits per heavy atom. The summed E-state index contributed by atoms with van der Waals surface area (Å²) in [7, 11) is 0. The molecule has 0 spiro atoms. The monoisotopic (exact) mass is 355 g/mol. The number of para-hydroxylation sites is 1. The van der Waals surface area contributed by atoms with Crippen LogP contribution in [-0.2, 0) is 6.42 Å². The fourth-order valence-corrected chi connectivity index (χ4v) is 4.22. The van der Waals surface area contributed by atoms with Crippen LogP contribution in [-0.4, -0.2) is 25.1 Å². The van der Waals surface area contributed by atoms with Crippen molar-refractivity contribution in [3.8, 4) is 0 Å². The predicted octanol–water partition coefficient (Wildman–Crippen LogP) is 3.63. The molecule has 1 atom stereocenters. The van der Waals surface area contributed by atoms with E-state index in [1.54, 1.807) is 6.07 Å². The number of thioether (sulfide) groups is 1. The van der Waals surface area contributed by atoms with Crippen LogP contribution in [0.25, 0.3) is 10.9 Å². The zero-order valence-corrected chi connectivity index (χ0v) is 15.0. The molecule has 0 saturated heterocycles. The normalized spacial score (nSPS) is 16.5. The smallest absolute Gasteiger partial charge is 0.258 e. The molecule has 4 rings (SSSR count). The lowest BCUT2D eigenvalue weighted by Gasteiger charge is -2.08. The minimum Gasteiger partial charge on any atom is -0.309 e. The number of aromatic nitrogens is 5. The summed E-state index contributed by atoms with van der Waals surface area (Å²) in [5, 5.41) is 8.65. The van der Waals surface area contributed by atoms with E-state index in [0.717, 1.165) is 18.2 Å². The van der Waals surface area contributed by atoms with Crippen LogP contribution in [0.1, 0.15) is 49.5 Å². The van der Waals surface area contributed by atoms with Crippen molar-refractivity contribution in [2.75, 3.05) is 0 Å². The topological polar surface area (TPSA) is 87.3 Å². The van der Waals surface area contributed by atoms with Gasteiger partial charge < -0.3 is 4.98 Å². The molecule has 130 valence electrons. The first-order valence-corrected chi connectivity index (χ1v) is 9.64. The summed E-state index contributed by atoms with van der Waals surface area (Å²) >= 11 is 1.51. The van der Waals surface area contributed by atoms with Crippen LogP contribution >= 0.6 is 11.8 Å². The fourth-order valence-electron chi connectivity index (χ4n) is 3.42. The summed E-state index contributed by atoms with van der Waals surface area (Å²) in [6.45, 7) is 2.00. The predicted molar refractivity (Wildman–Crippen MR) is 98.7 cm³/mol. The quantitative estimate of drug-likeness (QED) is 0.683. The third-order valence-corrected chi connectivity index (χ3v) is 5.74. The van der Waals surface area contributed by atoms with Gasteiger partial charge in [-0.1, -0.05) is 49.6 Å². The van der Waals surface area contributed by atoms with Gasteiger partial charge in [-0.2, -0.15) is 0 Å². The van der Waals surface area contributed by atoms with E-state index in [2.05, 4.69) is 25.1 Å². The average Bonchev–Trinajstić information content (AvgIpc) is 3.27. The molecule has 1 aliphatic rings. The molecule has 7 heteroatoms. The van der Waals surface area contributed by atoms with E-state index in [0.29, 0.717) is 21.9 Å². The minimum atomic E-state index is -0.107. The molecule has 0 amide bonds. The van der Waals surface area contributed by atoms with Crippen LogP contribution in [0.2, 0.25) is 0 Å². The highest BCUT2D eigenvalue weighted by Crippen LogP contribution is 2.32. The lowest BCUT2D eigenvalue weighted by molar-refractivity contribution is 0.531. The van der Waals surface area contributed by atoms with Crippen molar-refractivity contribution >= 4 is 22.7 Å². The van der Waals surface area contributed by atoms with E-state index >= 15 is 0 Å². The van der Waals surface area contributed by atoms with E-state index < -0.39 is 0 Å². The van der Waals surface area contributed by atoms with Crippen molar-refractivity contribution in [3.63, 3.8) is 0 Å². The van der Waals surface area contributed by atoms with Gasteiger partial charge in [0.2, 0.25) is 5.16 Å². The van der Waals surface area contributed by atoms with Crippen molar-refractivity contribution < 1.29 is 0 Å². The van der Waals surface area contributed by atoms with Gasteiger partial charge in [-0.15, -0.1) is 5.10 Å². The van der Waals surface area contributed by atoms with Crippen molar-refractivity contribution in [1.29, 1.82) is 0 Å². The van der Waals surface area contributed by atoms with E-state index in [9.17, 15) is 4.79 Å². The summed E-state index contributed by atoms with van der Waals surface area (Å²) in [5.41, 5.74) is 0.607. The molecule has 1 aliphatic carbocycles. The highest BCUT2D eigenvalue weighted by molar-refractivity contribution is 7.99. The third kappa shape index (κ3) is 3.61. The Hall–Kier alpha value is -2.15. The number of aromatic amines is 2. The van der Waals surface area contributed by atoms with Gasteiger partial charge in [0.15, 0.2) is 0 Å². The second-order valence-corrected chi connectivity index (χ2v) is 7.96. The maximum absolute atomic E-state index is 12.2. The number of benzene rings is 1. The average molecular weight is 355 g/mol. The highest BCUT2D eigenvalue weighted by Gasteiger charge is 2.19. The molecule has 6 nitrogen and oxygen atoms in total. The van der Waals surface area contributed by atoms with E-state index in [1.165, 1.54) is 37.4 Å². The number of rotatable bonds is 5. The van der Waals surface area contributed by atoms with Gasteiger partial charge in [0.1, 0.15) is 11.6 Å². The summed E-state index contributed by atoms with van der Waals surface area (Å²) in [6, 6.07) is 7.38. The molecule has 3 aromatic rings. The van der Waals surface area contributed by atoms with Crippen LogP contribution < -0.4 is 5.56 Å². The van der Waals surface area contributed by atoms with Crippen LogP contribution in [0.4, 0.5) is 0 Å². The largest absolute Gasteiger partial charge is 0.309 e. The number of nitrogens with one attached hydrogen (secondary N) is 2. The molecule has 2 heterocycles. The Labute approximate surface area is 149 Å². The molecular weight excluding hydrogens is 334 g/mol. The third-order valence-electron chi connectivity index (χ3n) is 4.77. The Kier molecular flexibility index (Phi) is 4.57. The van der Waals surface area contributed by atoms with Crippen LogP contribution in [0.3, 0.4) is 0 Å². The Morgan fingerprint density at radius 1 is 1.24 bits per heavy atom. The lowest BCUT2D eigenvalue weighted by Crippen LogP contribution is -2.12. The van der Waals surface area contributed by atoms with Gasteiger partial charge in [-0.05, 0) is 25.0 Å². The molecular formula is C18H21N5OS. The molecule has 1 unspecified atom stereocenters. The Morgan fingerprint density at radius 2 is 2.04 bits per heavy atom. The first kappa shape index (κ1) is 16.3.